The molecule has 2 heterocycles. The van der Waals surface area contributed by atoms with Gasteiger partial charge in [0.15, 0.2) is 0 Å². The lowest BCUT2D eigenvalue weighted by Crippen LogP contribution is -2.56. The van der Waals surface area contributed by atoms with Crippen molar-refractivity contribution in [1.82, 2.24) is 10.2 Å². The van der Waals surface area contributed by atoms with Crippen molar-refractivity contribution in [2.45, 2.75) is 31.3 Å². The van der Waals surface area contributed by atoms with Gasteiger partial charge in [-0.1, -0.05) is 6.42 Å². The fraction of sp³-hybridized carbons (Fsp3) is 0.923. The number of hydrogen-bond acceptors (Lipinski definition) is 4. The molecule has 1 amide bonds. The molecule has 2 aliphatic heterocycles. The van der Waals surface area contributed by atoms with Crippen LogP contribution in [0.5, 0.6) is 0 Å². The summed E-state index contributed by atoms with van der Waals surface area (Å²) in [6, 6.07) is -0.182. The molecule has 0 spiro atoms. The molecule has 2 saturated heterocycles. The summed E-state index contributed by atoms with van der Waals surface area (Å²) in [6.07, 6.45) is 3.68. The van der Waals surface area contributed by atoms with Crippen molar-refractivity contribution in [1.29, 1.82) is 0 Å². The van der Waals surface area contributed by atoms with Gasteiger partial charge in [-0.3, -0.25) is 4.79 Å². The Morgan fingerprint density at radius 1 is 1.44 bits per heavy atom. The van der Waals surface area contributed by atoms with Gasteiger partial charge in [0.1, 0.15) is 0 Å². The fourth-order valence-corrected chi connectivity index (χ4v) is 3.73. The highest BCUT2D eigenvalue weighted by atomic mass is 16.5. The van der Waals surface area contributed by atoms with E-state index in [1.807, 2.05) is 4.90 Å². The summed E-state index contributed by atoms with van der Waals surface area (Å²) in [4.78, 5) is 14.4. The first-order valence-electron chi connectivity index (χ1n) is 7.03. The summed E-state index contributed by atoms with van der Waals surface area (Å²) >= 11 is 0. The van der Waals surface area contributed by atoms with Crippen molar-refractivity contribution in [2.24, 2.45) is 11.8 Å². The maximum absolute atomic E-state index is 12.6. The van der Waals surface area contributed by atoms with E-state index in [1.54, 1.807) is 0 Å². The van der Waals surface area contributed by atoms with Crippen molar-refractivity contribution >= 4 is 5.91 Å². The zero-order valence-corrected chi connectivity index (χ0v) is 10.7. The summed E-state index contributed by atoms with van der Waals surface area (Å²) in [5, 5.41) is 12.7. The van der Waals surface area contributed by atoms with Crippen molar-refractivity contribution in [3.05, 3.63) is 0 Å². The zero-order valence-electron chi connectivity index (χ0n) is 10.7. The summed E-state index contributed by atoms with van der Waals surface area (Å²) in [6.45, 7) is 2.63. The number of aliphatic hydroxyl groups is 1. The van der Waals surface area contributed by atoms with Crippen LogP contribution < -0.4 is 5.32 Å². The minimum absolute atomic E-state index is 0.00739. The molecule has 0 aromatic rings. The molecule has 3 rings (SSSR count). The third-order valence-corrected chi connectivity index (χ3v) is 4.73. The Bertz CT molecular complexity index is 317. The number of aliphatic hydroxyl groups excluding tert-OH is 1. The van der Waals surface area contributed by atoms with Crippen LogP contribution in [-0.2, 0) is 9.53 Å². The van der Waals surface area contributed by atoms with Crippen LogP contribution in [0.25, 0.3) is 0 Å². The molecular weight excluding hydrogens is 232 g/mol. The second-order valence-corrected chi connectivity index (χ2v) is 5.68. The Morgan fingerprint density at radius 3 is 3.17 bits per heavy atom. The second kappa shape index (κ2) is 5.15. The number of fused-ring (bicyclic) bond motifs is 1. The fourth-order valence-electron chi connectivity index (χ4n) is 3.73. The van der Waals surface area contributed by atoms with Crippen LogP contribution in [0.4, 0.5) is 0 Å². The standard InChI is InChI=1S/C13H22N2O3/c16-7-10-8-18-5-4-15(10)13(17)12-11-3-1-2-9(11)6-14-12/h9-12,14,16H,1-8H2. The normalized spacial score (nSPS) is 39.9. The molecule has 2 N–H and O–H groups in total. The van der Waals surface area contributed by atoms with E-state index in [0.717, 1.165) is 6.54 Å². The Morgan fingerprint density at radius 2 is 2.33 bits per heavy atom. The lowest BCUT2D eigenvalue weighted by atomic mass is 9.93. The number of rotatable bonds is 2. The van der Waals surface area contributed by atoms with Gasteiger partial charge in [0.2, 0.25) is 5.91 Å². The Labute approximate surface area is 107 Å². The van der Waals surface area contributed by atoms with Crippen LogP contribution in [0.1, 0.15) is 19.3 Å². The van der Waals surface area contributed by atoms with Gasteiger partial charge in [0.05, 0.1) is 31.9 Å². The Balaban J connectivity index is 1.69. The predicted molar refractivity (Wildman–Crippen MR) is 66.0 cm³/mol. The molecule has 0 bridgehead atoms. The average molecular weight is 254 g/mol. The minimum atomic E-state index is -0.159. The van der Waals surface area contributed by atoms with Gasteiger partial charge in [0, 0.05) is 6.54 Å². The SMILES string of the molecule is O=C(C1NCC2CCCC21)N1CCOCC1CO. The number of ether oxygens (including phenoxy) is 1. The molecule has 0 aromatic carbocycles. The highest BCUT2D eigenvalue weighted by Crippen LogP contribution is 2.38. The van der Waals surface area contributed by atoms with E-state index in [2.05, 4.69) is 5.32 Å². The third kappa shape index (κ3) is 2.04. The number of nitrogens with one attached hydrogen (secondary N) is 1. The first-order valence-corrected chi connectivity index (χ1v) is 7.03. The number of nitrogens with zero attached hydrogens (tertiary/aromatic N) is 1. The van der Waals surface area contributed by atoms with E-state index in [4.69, 9.17) is 4.74 Å². The maximum Gasteiger partial charge on any atom is 0.240 e. The minimum Gasteiger partial charge on any atom is -0.394 e. The molecule has 0 aromatic heterocycles. The Hall–Kier alpha value is -0.650. The summed E-state index contributed by atoms with van der Waals surface area (Å²) in [5.41, 5.74) is 0. The molecule has 4 unspecified atom stereocenters. The quantitative estimate of drug-likeness (QED) is 0.703. The van der Waals surface area contributed by atoms with Crippen molar-refractivity contribution in [3.63, 3.8) is 0 Å². The van der Waals surface area contributed by atoms with E-state index in [-0.39, 0.29) is 24.6 Å². The highest BCUT2D eigenvalue weighted by Gasteiger charge is 2.44. The molecule has 3 fully saturated rings. The molecule has 0 radical (unpaired) electrons. The number of hydrogen-bond donors (Lipinski definition) is 2. The van der Waals surface area contributed by atoms with Gasteiger partial charge < -0.3 is 20.1 Å². The van der Waals surface area contributed by atoms with E-state index < -0.39 is 0 Å². The van der Waals surface area contributed by atoms with Crippen LogP contribution in [0, 0.1) is 11.8 Å². The lowest BCUT2D eigenvalue weighted by Gasteiger charge is -2.37. The Kier molecular flexibility index (Phi) is 3.54. The number of carbonyl (C=O) groups excluding carboxylic acids is 1. The monoisotopic (exact) mass is 254 g/mol. The molecule has 3 aliphatic rings. The summed E-state index contributed by atoms with van der Waals surface area (Å²) < 4.78 is 5.33. The van der Waals surface area contributed by atoms with Crippen molar-refractivity contribution in [3.8, 4) is 0 Å². The third-order valence-electron chi connectivity index (χ3n) is 4.73. The summed E-state index contributed by atoms with van der Waals surface area (Å²) in [7, 11) is 0. The largest absolute Gasteiger partial charge is 0.394 e. The van der Waals surface area contributed by atoms with Gasteiger partial charge in [-0.15, -0.1) is 0 Å². The van der Waals surface area contributed by atoms with Crippen molar-refractivity contribution < 1.29 is 14.6 Å². The molecule has 1 saturated carbocycles. The molecule has 102 valence electrons. The van der Waals surface area contributed by atoms with Gasteiger partial charge in [-0.25, -0.2) is 0 Å². The summed E-state index contributed by atoms with van der Waals surface area (Å²) in [5.74, 6) is 1.37. The van der Waals surface area contributed by atoms with Gasteiger partial charge in [-0.2, -0.15) is 0 Å². The predicted octanol–water partition coefficient (Wildman–Crippen LogP) is -0.406. The van der Waals surface area contributed by atoms with E-state index in [1.165, 1.54) is 19.3 Å². The smallest absolute Gasteiger partial charge is 0.240 e. The van der Waals surface area contributed by atoms with E-state index >= 15 is 0 Å². The first kappa shape index (κ1) is 12.4. The first-order chi connectivity index (χ1) is 8.81. The molecule has 5 heteroatoms. The highest BCUT2D eigenvalue weighted by molar-refractivity contribution is 5.83. The topological polar surface area (TPSA) is 61.8 Å². The second-order valence-electron chi connectivity index (χ2n) is 5.68. The molecule has 18 heavy (non-hydrogen) atoms. The van der Waals surface area contributed by atoms with Crippen LogP contribution in [0.3, 0.4) is 0 Å². The maximum atomic E-state index is 12.6. The van der Waals surface area contributed by atoms with Gasteiger partial charge in [-0.05, 0) is 31.2 Å². The zero-order chi connectivity index (χ0) is 12.5. The van der Waals surface area contributed by atoms with Crippen LogP contribution in [0.2, 0.25) is 0 Å². The van der Waals surface area contributed by atoms with Crippen LogP contribution in [0.15, 0.2) is 0 Å². The molecule has 4 atom stereocenters. The van der Waals surface area contributed by atoms with Crippen LogP contribution in [-0.4, -0.2) is 60.9 Å². The molecule has 5 nitrogen and oxygen atoms in total. The number of carbonyl (C=O) groups is 1. The van der Waals surface area contributed by atoms with E-state index in [9.17, 15) is 9.90 Å². The molecular formula is C13H22N2O3. The van der Waals surface area contributed by atoms with E-state index in [0.29, 0.717) is 31.6 Å². The number of morpholine rings is 1. The average Bonchev–Trinajstić information content (AvgIpc) is 3.00. The van der Waals surface area contributed by atoms with Crippen molar-refractivity contribution in [2.75, 3.05) is 32.9 Å². The van der Waals surface area contributed by atoms with Gasteiger partial charge >= 0.3 is 0 Å². The van der Waals surface area contributed by atoms with Crippen LogP contribution >= 0.6 is 0 Å². The lowest BCUT2D eigenvalue weighted by molar-refractivity contribution is -0.144. The molecule has 1 aliphatic carbocycles. The van der Waals surface area contributed by atoms with Gasteiger partial charge in [0.25, 0.3) is 0 Å². The number of amides is 1.